The summed E-state index contributed by atoms with van der Waals surface area (Å²) in [5.74, 6) is 3.02. The lowest BCUT2D eigenvalue weighted by Crippen LogP contribution is -2.37. The fourth-order valence-corrected chi connectivity index (χ4v) is 2.60. The molecule has 1 aliphatic rings. The monoisotopic (exact) mass is 234 g/mol. The van der Waals surface area contributed by atoms with Gasteiger partial charge in [0.1, 0.15) is 5.76 Å². The normalized spacial score (nSPS) is 28.3. The third kappa shape index (κ3) is 2.24. The molecule has 1 saturated carbocycles. The third-order valence-corrected chi connectivity index (χ3v) is 3.72. The van der Waals surface area contributed by atoms with Gasteiger partial charge in [0.15, 0.2) is 5.60 Å². The predicted octanol–water partition coefficient (Wildman–Crippen LogP) is 2.31. The molecule has 0 radical (unpaired) electrons. The van der Waals surface area contributed by atoms with Crippen molar-refractivity contribution < 1.29 is 14.3 Å². The molecule has 0 amide bonds. The van der Waals surface area contributed by atoms with E-state index < -0.39 is 5.60 Å². The van der Waals surface area contributed by atoms with Crippen LogP contribution in [-0.4, -0.2) is 18.3 Å². The molecule has 0 bridgehead atoms. The number of rotatable bonds is 3. The number of aliphatic hydroxyl groups is 1. The number of ether oxygens (including phenoxy) is 1. The van der Waals surface area contributed by atoms with Crippen molar-refractivity contribution in [2.24, 2.45) is 5.92 Å². The van der Waals surface area contributed by atoms with Gasteiger partial charge in [0.25, 0.3) is 0 Å². The molecule has 1 aliphatic carbocycles. The molecule has 3 nitrogen and oxygen atoms in total. The Morgan fingerprint density at radius 2 is 2.18 bits per heavy atom. The molecule has 1 unspecified atom stereocenters. The smallest absolute Gasteiger partial charge is 0.186 e. The van der Waals surface area contributed by atoms with Crippen LogP contribution in [0.25, 0.3) is 0 Å². The molecule has 1 aromatic heterocycles. The Labute approximate surface area is 102 Å². The minimum Gasteiger partial charge on any atom is -0.465 e. The molecule has 1 fully saturated rings. The van der Waals surface area contributed by atoms with Crippen LogP contribution in [0.1, 0.15) is 31.4 Å². The summed E-state index contributed by atoms with van der Waals surface area (Å²) in [6.07, 6.45) is 10.9. The van der Waals surface area contributed by atoms with Gasteiger partial charge in [-0.25, -0.2) is 0 Å². The molecule has 0 saturated heterocycles. The van der Waals surface area contributed by atoms with Crippen LogP contribution < -0.4 is 0 Å². The van der Waals surface area contributed by atoms with Crippen LogP contribution in [0.2, 0.25) is 0 Å². The van der Waals surface area contributed by atoms with Crippen LogP contribution in [0.3, 0.4) is 0 Å². The van der Waals surface area contributed by atoms with Crippen LogP contribution >= 0.6 is 0 Å². The summed E-state index contributed by atoms with van der Waals surface area (Å²) < 4.78 is 10.6. The first-order valence-electron chi connectivity index (χ1n) is 5.97. The first-order chi connectivity index (χ1) is 8.20. The first-order valence-corrected chi connectivity index (χ1v) is 5.97. The zero-order chi connectivity index (χ0) is 12.3. The molecule has 0 spiro atoms. The van der Waals surface area contributed by atoms with Crippen LogP contribution in [0.5, 0.6) is 0 Å². The van der Waals surface area contributed by atoms with Gasteiger partial charge in [-0.05, 0) is 37.8 Å². The Balaban J connectivity index is 2.13. The molecule has 3 heteroatoms. The summed E-state index contributed by atoms with van der Waals surface area (Å²) in [6, 6.07) is 3.49. The molecule has 0 aliphatic heterocycles. The maximum absolute atomic E-state index is 10.6. The highest BCUT2D eigenvalue weighted by Gasteiger charge is 2.41. The molecule has 1 atom stereocenters. The third-order valence-electron chi connectivity index (χ3n) is 3.72. The van der Waals surface area contributed by atoms with E-state index in [-0.39, 0.29) is 5.92 Å². The maximum atomic E-state index is 10.6. The topological polar surface area (TPSA) is 42.6 Å². The minimum absolute atomic E-state index is 0.0463. The van der Waals surface area contributed by atoms with Crippen molar-refractivity contribution >= 4 is 0 Å². The molecule has 2 rings (SSSR count). The van der Waals surface area contributed by atoms with Crippen LogP contribution in [0, 0.1) is 18.3 Å². The van der Waals surface area contributed by atoms with Crippen molar-refractivity contribution in [3.63, 3.8) is 0 Å². The van der Waals surface area contributed by atoms with Gasteiger partial charge < -0.3 is 14.3 Å². The van der Waals surface area contributed by atoms with Gasteiger partial charge in [0.05, 0.1) is 12.4 Å². The summed E-state index contributed by atoms with van der Waals surface area (Å²) >= 11 is 0. The highest BCUT2D eigenvalue weighted by Crippen LogP contribution is 2.39. The highest BCUT2D eigenvalue weighted by atomic mass is 16.5. The van der Waals surface area contributed by atoms with Crippen LogP contribution in [0.4, 0.5) is 0 Å². The number of methoxy groups -OCH3 is 1. The molecule has 92 valence electrons. The Bertz CT molecular complexity index is 382. The van der Waals surface area contributed by atoms with Gasteiger partial charge >= 0.3 is 0 Å². The standard InChI is InChI=1S/C14H18O3/c1-3-14(15,13-5-4-10-17-13)11-6-8-12(16-2)9-7-11/h1,4-5,10-12,15H,6-9H2,2H3. The van der Waals surface area contributed by atoms with Crippen molar-refractivity contribution in [3.05, 3.63) is 24.2 Å². The average molecular weight is 234 g/mol. The van der Waals surface area contributed by atoms with Gasteiger partial charge in [0, 0.05) is 13.0 Å². The summed E-state index contributed by atoms with van der Waals surface area (Å²) in [7, 11) is 1.73. The molecular formula is C14H18O3. The van der Waals surface area contributed by atoms with E-state index in [1.807, 2.05) is 0 Å². The van der Waals surface area contributed by atoms with E-state index in [1.54, 1.807) is 25.5 Å². The maximum Gasteiger partial charge on any atom is 0.186 e. The van der Waals surface area contributed by atoms with E-state index in [0.717, 1.165) is 25.7 Å². The van der Waals surface area contributed by atoms with Crippen molar-refractivity contribution in [2.75, 3.05) is 7.11 Å². The van der Waals surface area contributed by atoms with E-state index >= 15 is 0 Å². The lowest BCUT2D eigenvalue weighted by Gasteiger charge is -2.35. The van der Waals surface area contributed by atoms with Crippen molar-refractivity contribution in [3.8, 4) is 12.3 Å². The predicted molar refractivity (Wildman–Crippen MR) is 64.2 cm³/mol. The molecule has 1 aromatic rings. The first kappa shape index (κ1) is 12.2. The summed E-state index contributed by atoms with van der Waals surface area (Å²) in [4.78, 5) is 0. The van der Waals surface area contributed by atoms with E-state index in [4.69, 9.17) is 15.6 Å². The second-order valence-corrected chi connectivity index (χ2v) is 4.60. The van der Waals surface area contributed by atoms with E-state index in [2.05, 4.69) is 5.92 Å². The number of terminal acetylenes is 1. The molecular weight excluding hydrogens is 216 g/mol. The van der Waals surface area contributed by atoms with Gasteiger partial charge in [-0.1, -0.05) is 5.92 Å². The van der Waals surface area contributed by atoms with Gasteiger partial charge in [-0.3, -0.25) is 0 Å². The summed E-state index contributed by atoms with van der Waals surface area (Å²) in [5, 5.41) is 10.6. The SMILES string of the molecule is C#CC(O)(c1ccco1)C1CCC(OC)CC1. The van der Waals surface area contributed by atoms with E-state index in [1.165, 1.54) is 0 Å². The summed E-state index contributed by atoms with van der Waals surface area (Å²) in [5.41, 5.74) is -1.28. The average Bonchev–Trinajstić information content (AvgIpc) is 2.92. The van der Waals surface area contributed by atoms with E-state index in [9.17, 15) is 5.11 Å². The Kier molecular flexibility index (Phi) is 3.56. The number of furan rings is 1. The Hall–Kier alpha value is -1.24. The van der Waals surface area contributed by atoms with Gasteiger partial charge in [-0.15, -0.1) is 6.42 Å². The number of hydrogen-bond acceptors (Lipinski definition) is 3. The number of hydrogen-bond donors (Lipinski definition) is 1. The van der Waals surface area contributed by atoms with E-state index in [0.29, 0.717) is 11.9 Å². The Morgan fingerprint density at radius 1 is 1.47 bits per heavy atom. The van der Waals surface area contributed by atoms with Crippen molar-refractivity contribution in [2.45, 2.75) is 37.4 Å². The zero-order valence-corrected chi connectivity index (χ0v) is 10.1. The molecule has 1 heterocycles. The fraction of sp³-hybridized carbons (Fsp3) is 0.571. The second kappa shape index (κ2) is 4.95. The Morgan fingerprint density at radius 3 is 2.65 bits per heavy atom. The molecule has 0 aromatic carbocycles. The minimum atomic E-state index is -1.28. The van der Waals surface area contributed by atoms with Crippen molar-refractivity contribution in [1.82, 2.24) is 0 Å². The highest BCUT2D eigenvalue weighted by molar-refractivity contribution is 5.24. The molecule has 17 heavy (non-hydrogen) atoms. The molecule has 1 N–H and O–H groups in total. The second-order valence-electron chi connectivity index (χ2n) is 4.60. The van der Waals surface area contributed by atoms with Crippen LogP contribution in [0.15, 0.2) is 22.8 Å². The quantitative estimate of drug-likeness (QED) is 0.816. The van der Waals surface area contributed by atoms with Crippen molar-refractivity contribution in [1.29, 1.82) is 0 Å². The summed E-state index contributed by atoms with van der Waals surface area (Å²) in [6.45, 7) is 0. The van der Waals surface area contributed by atoms with Gasteiger partial charge in [0.2, 0.25) is 0 Å². The largest absolute Gasteiger partial charge is 0.465 e. The fourth-order valence-electron chi connectivity index (χ4n) is 2.60. The zero-order valence-electron chi connectivity index (χ0n) is 10.1. The lowest BCUT2D eigenvalue weighted by atomic mass is 9.75. The van der Waals surface area contributed by atoms with Crippen LogP contribution in [-0.2, 0) is 10.3 Å². The van der Waals surface area contributed by atoms with Gasteiger partial charge in [-0.2, -0.15) is 0 Å². The lowest BCUT2D eigenvalue weighted by molar-refractivity contribution is -0.0298.